The summed E-state index contributed by atoms with van der Waals surface area (Å²) < 4.78 is 8.72. The van der Waals surface area contributed by atoms with E-state index < -0.39 is 0 Å². The molecule has 0 radical (unpaired) electrons. The fourth-order valence-corrected chi connectivity index (χ4v) is 3.28. The predicted molar refractivity (Wildman–Crippen MR) is 85.7 cm³/mol. The molecule has 0 spiro atoms. The summed E-state index contributed by atoms with van der Waals surface area (Å²) in [5.74, 6) is 0.917. The van der Waals surface area contributed by atoms with Gasteiger partial charge in [-0.2, -0.15) is 0 Å². The van der Waals surface area contributed by atoms with Gasteiger partial charge in [-0.15, -0.1) is 0 Å². The third kappa shape index (κ3) is 2.36. The first kappa shape index (κ1) is 14.0. The van der Waals surface area contributed by atoms with E-state index in [0.29, 0.717) is 22.8 Å². The van der Waals surface area contributed by atoms with Crippen LogP contribution in [0.1, 0.15) is 25.3 Å². The number of pyridine rings is 1. The first-order valence-corrected chi connectivity index (χ1v) is 8.59. The Bertz CT molecular complexity index is 848. The van der Waals surface area contributed by atoms with Crippen molar-refractivity contribution < 1.29 is 4.74 Å². The molecule has 1 fully saturated rings. The van der Waals surface area contributed by atoms with Crippen molar-refractivity contribution in [3.63, 3.8) is 0 Å². The number of nitrogens with zero attached hydrogens (tertiary/aromatic N) is 5. The van der Waals surface area contributed by atoms with E-state index in [9.17, 15) is 0 Å². The van der Waals surface area contributed by atoms with E-state index >= 15 is 0 Å². The van der Waals surface area contributed by atoms with Crippen molar-refractivity contribution in [2.75, 3.05) is 0 Å². The van der Waals surface area contributed by atoms with Crippen LogP contribution in [-0.4, -0.2) is 41.6 Å². The molecule has 6 nitrogen and oxygen atoms in total. The van der Waals surface area contributed by atoms with Crippen LogP contribution in [0.4, 0.5) is 0 Å². The maximum atomic E-state index is 5.98. The monoisotopic (exact) mass is 377 g/mol. The molecule has 0 saturated heterocycles. The minimum atomic E-state index is 0.397. The van der Waals surface area contributed by atoms with E-state index in [-0.39, 0.29) is 0 Å². The van der Waals surface area contributed by atoms with Gasteiger partial charge in [0, 0.05) is 0 Å². The summed E-state index contributed by atoms with van der Waals surface area (Å²) in [5.41, 5.74) is 0.830. The van der Waals surface area contributed by atoms with Crippen molar-refractivity contribution in [2.24, 2.45) is 0 Å². The first-order chi connectivity index (χ1) is 10.7. The third-order valence-corrected chi connectivity index (χ3v) is 4.96. The van der Waals surface area contributed by atoms with Crippen LogP contribution >= 0.6 is 11.6 Å². The number of rotatable bonds is 3. The van der Waals surface area contributed by atoms with Gasteiger partial charge in [-0.3, -0.25) is 0 Å². The number of halogens is 1. The first-order valence-electron chi connectivity index (χ1n) is 7.00. The fraction of sp³-hybridized carbons (Fsp3) is 0.286. The Balaban J connectivity index is 1.82. The molecular formula is C14H13AsClN5O. The molecule has 3 heterocycles. The molecule has 0 aromatic carbocycles. The molecule has 1 aliphatic rings. The van der Waals surface area contributed by atoms with E-state index in [4.69, 9.17) is 16.3 Å². The second kappa shape index (κ2) is 5.52. The molecule has 1 saturated carbocycles. The Morgan fingerprint density at radius 3 is 2.86 bits per heavy atom. The molecule has 1 atom stereocenters. The van der Waals surface area contributed by atoms with Crippen molar-refractivity contribution in [2.45, 2.75) is 25.3 Å². The normalized spacial score (nSPS) is 15.0. The number of hydrogen-bond acceptors (Lipinski definition) is 5. The fourth-order valence-electron chi connectivity index (χ4n) is 2.46. The van der Waals surface area contributed by atoms with Crippen molar-refractivity contribution in [1.29, 1.82) is 0 Å². The Morgan fingerprint density at radius 2 is 2.14 bits per heavy atom. The number of ether oxygens (including phenoxy) is 1. The Kier molecular flexibility index (Phi) is 3.51. The van der Waals surface area contributed by atoms with Crippen LogP contribution in [0.3, 0.4) is 0 Å². The van der Waals surface area contributed by atoms with E-state index in [1.165, 1.54) is 23.3 Å². The maximum absolute atomic E-state index is 5.98. The summed E-state index contributed by atoms with van der Waals surface area (Å²) in [6.07, 6.45) is 6.67. The van der Waals surface area contributed by atoms with Crippen molar-refractivity contribution in [1.82, 2.24) is 24.7 Å². The number of aromatic nitrogens is 5. The molecule has 1 unspecified atom stereocenters. The van der Waals surface area contributed by atoms with E-state index in [1.54, 1.807) is 24.7 Å². The van der Waals surface area contributed by atoms with E-state index in [0.717, 1.165) is 28.4 Å². The summed E-state index contributed by atoms with van der Waals surface area (Å²) >= 11 is 7.40. The van der Waals surface area contributed by atoms with Crippen LogP contribution < -0.4 is 9.22 Å². The van der Waals surface area contributed by atoms with Crippen LogP contribution in [0, 0.1) is 0 Å². The van der Waals surface area contributed by atoms with Crippen LogP contribution in [-0.2, 0) is 0 Å². The molecule has 1 aliphatic carbocycles. The van der Waals surface area contributed by atoms with Gasteiger partial charge in [0.1, 0.15) is 0 Å². The summed E-state index contributed by atoms with van der Waals surface area (Å²) in [6, 6.07) is 3.77. The van der Waals surface area contributed by atoms with E-state index in [2.05, 4.69) is 20.1 Å². The number of hydrogen-bond donors (Lipinski definition) is 0. The molecule has 112 valence electrons. The third-order valence-electron chi connectivity index (χ3n) is 3.80. The van der Waals surface area contributed by atoms with Gasteiger partial charge in [0.15, 0.2) is 0 Å². The van der Waals surface area contributed by atoms with Gasteiger partial charge in [-0.1, -0.05) is 0 Å². The molecule has 4 rings (SSSR count). The van der Waals surface area contributed by atoms with Crippen LogP contribution in [0.2, 0.25) is 5.02 Å². The van der Waals surface area contributed by atoms with Gasteiger partial charge in [0.05, 0.1) is 0 Å². The minimum absolute atomic E-state index is 0.397. The van der Waals surface area contributed by atoms with Crippen molar-refractivity contribution >= 4 is 44.0 Å². The van der Waals surface area contributed by atoms with Gasteiger partial charge in [0.25, 0.3) is 0 Å². The molecule has 0 amide bonds. The van der Waals surface area contributed by atoms with Gasteiger partial charge in [-0.25, -0.2) is 0 Å². The van der Waals surface area contributed by atoms with E-state index in [1.807, 2.05) is 4.68 Å². The Labute approximate surface area is 140 Å². The van der Waals surface area contributed by atoms with Gasteiger partial charge in [0.2, 0.25) is 0 Å². The zero-order valence-corrected chi connectivity index (χ0v) is 14.8. The molecule has 22 heavy (non-hydrogen) atoms. The molecule has 0 N–H and O–H groups in total. The number of fused-ring (bicyclic) bond motifs is 1. The molecule has 3 aromatic heterocycles. The predicted octanol–water partition coefficient (Wildman–Crippen LogP) is 1.65. The zero-order chi connectivity index (χ0) is 15.1. The quantitative estimate of drug-likeness (QED) is 0.649. The van der Waals surface area contributed by atoms with Crippen LogP contribution in [0.15, 0.2) is 24.7 Å². The second-order valence-electron chi connectivity index (χ2n) is 5.21. The summed E-state index contributed by atoms with van der Waals surface area (Å²) in [4.78, 5) is 12.8. The molecule has 8 heteroatoms. The van der Waals surface area contributed by atoms with Crippen LogP contribution in [0.5, 0.6) is 11.8 Å². The molecule has 3 aromatic rings. The summed E-state index contributed by atoms with van der Waals surface area (Å²) in [5, 5.41) is 6.05. The molecule has 0 aliphatic heterocycles. The van der Waals surface area contributed by atoms with Gasteiger partial charge in [-0.05, 0) is 0 Å². The summed E-state index contributed by atoms with van der Waals surface area (Å²) in [6.45, 7) is 0. The zero-order valence-electron chi connectivity index (χ0n) is 11.6. The SMILES string of the molecule is Clc1ccnc(Oc2nn(C3CCC3)c3ncnc([AsH2])c23)c1. The summed E-state index contributed by atoms with van der Waals surface area (Å²) in [7, 11) is 0. The average molecular weight is 378 g/mol. The van der Waals surface area contributed by atoms with Crippen molar-refractivity contribution in [3.8, 4) is 11.8 Å². The Hall–Kier alpha value is -1.65. The van der Waals surface area contributed by atoms with Crippen molar-refractivity contribution in [3.05, 3.63) is 29.7 Å². The standard InChI is InChI=1S/C14H13AsClN5O/c15-12-11-13(19-7-18-12)21(9-2-1-3-9)20-14(11)22-10-6-8(16)4-5-17-10/h4-7,9H,1-3,15H2. The average Bonchev–Trinajstić information content (AvgIpc) is 2.77. The van der Waals surface area contributed by atoms with Gasteiger partial charge < -0.3 is 0 Å². The topological polar surface area (TPSA) is 65.7 Å². The Morgan fingerprint density at radius 1 is 1.27 bits per heavy atom. The second-order valence-corrected chi connectivity index (χ2v) is 6.79. The molecule has 0 bridgehead atoms. The van der Waals surface area contributed by atoms with Crippen LogP contribution in [0.25, 0.3) is 11.0 Å². The van der Waals surface area contributed by atoms with Gasteiger partial charge >= 0.3 is 140 Å². The molecular weight excluding hydrogens is 365 g/mol.